The Morgan fingerprint density at radius 2 is 1.75 bits per heavy atom. The third kappa shape index (κ3) is 4.38. The van der Waals surface area contributed by atoms with Gasteiger partial charge in [-0.2, -0.15) is 0 Å². The molecule has 0 aromatic heterocycles. The summed E-state index contributed by atoms with van der Waals surface area (Å²) in [6.45, 7) is 0. The molecule has 0 aliphatic heterocycles. The van der Waals surface area contributed by atoms with Crippen molar-refractivity contribution < 1.29 is 31.5 Å². The summed E-state index contributed by atoms with van der Waals surface area (Å²) >= 11 is 5.75. The molecule has 9 nitrogen and oxygen atoms in total. The monoisotopic (exact) mass is 448 g/mol. The van der Waals surface area contributed by atoms with Crippen LogP contribution in [0.3, 0.4) is 0 Å². The van der Waals surface area contributed by atoms with E-state index in [0.717, 1.165) is 28.6 Å². The van der Waals surface area contributed by atoms with E-state index in [2.05, 4.69) is 4.72 Å². The number of ether oxygens (including phenoxy) is 1. The smallest absolute Gasteiger partial charge is 0.337 e. The summed E-state index contributed by atoms with van der Waals surface area (Å²) in [4.78, 5) is 10.6. The number of aromatic carboxylic acids is 1. The lowest BCUT2D eigenvalue weighted by Gasteiger charge is -2.16. The number of hydrogen-bond donors (Lipinski definition) is 2. The van der Waals surface area contributed by atoms with Crippen LogP contribution in [0.1, 0.15) is 10.4 Å². The highest BCUT2D eigenvalue weighted by atomic mass is 35.5. The normalized spacial score (nSPS) is 12.0. The van der Waals surface area contributed by atoms with Gasteiger partial charge in [-0.15, -0.1) is 0 Å². The summed E-state index contributed by atoms with van der Waals surface area (Å²) in [5, 5.41) is 8.98. The summed E-state index contributed by atoms with van der Waals surface area (Å²) in [6.07, 6.45) is 0. The van der Waals surface area contributed by atoms with Crippen molar-refractivity contribution in [3.8, 4) is 5.75 Å². The SMILES string of the molecule is COc1ccc(NS(=O)(=O)c2ccc(Cl)c(C(=O)O)c2)cc1S(=O)(=O)N(C)C. The molecule has 12 heteroatoms. The van der Waals surface area contributed by atoms with E-state index < -0.39 is 26.0 Å². The van der Waals surface area contributed by atoms with Gasteiger partial charge in [-0.1, -0.05) is 11.6 Å². The fraction of sp³-hybridized carbons (Fsp3) is 0.188. The number of hydrogen-bond acceptors (Lipinski definition) is 6. The van der Waals surface area contributed by atoms with Gasteiger partial charge >= 0.3 is 5.97 Å². The molecule has 2 aromatic carbocycles. The lowest BCUT2D eigenvalue weighted by atomic mass is 10.2. The van der Waals surface area contributed by atoms with Gasteiger partial charge in [0, 0.05) is 14.1 Å². The number of nitrogens with zero attached hydrogens (tertiary/aromatic N) is 1. The third-order valence-corrected chi connectivity index (χ3v) is 7.20. The van der Waals surface area contributed by atoms with Crippen molar-refractivity contribution in [2.24, 2.45) is 0 Å². The summed E-state index contributed by atoms with van der Waals surface area (Å²) < 4.78 is 58.3. The molecule has 0 radical (unpaired) electrons. The highest BCUT2D eigenvalue weighted by Gasteiger charge is 2.24. The molecule has 2 N–H and O–H groups in total. The maximum atomic E-state index is 12.6. The molecule has 0 aliphatic rings. The maximum Gasteiger partial charge on any atom is 0.337 e. The zero-order chi connectivity index (χ0) is 21.3. The molecule has 0 amide bonds. The molecule has 0 aliphatic carbocycles. The lowest BCUT2D eigenvalue weighted by molar-refractivity contribution is 0.0697. The molecule has 0 bridgehead atoms. The molecule has 152 valence electrons. The van der Waals surface area contributed by atoms with Crippen molar-refractivity contribution in [1.29, 1.82) is 0 Å². The largest absolute Gasteiger partial charge is 0.495 e. The number of rotatable bonds is 7. The van der Waals surface area contributed by atoms with Crippen LogP contribution < -0.4 is 9.46 Å². The first-order valence-corrected chi connectivity index (χ1v) is 10.9. The number of anilines is 1. The van der Waals surface area contributed by atoms with Gasteiger partial charge in [-0.3, -0.25) is 4.72 Å². The predicted octanol–water partition coefficient (Wildman–Crippen LogP) is 2.10. The van der Waals surface area contributed by atoms with Crippen LogP contribution in [0.2, 0.25) is 5.02 Å². The van der Waals surface area contributed by atoms with E-state index in [9.17, 15) is 21.6 Å². The predicted molar refractivity (Wildman–Crippen MR) is 103 cm³/mol. The molecule has 0 atom stereocenters. The molecule has 2 rings (SSSR count). The highest BCUT2D eigenvalue weighted by Crippen LogP contribution is 2.30. The van der Waals surface area contributed by atoms with E-state index >= 15 is 0 Å². The van der Waals surface area contributed by atoms with Crippen molar-refractivity contribution in [3.63, 3.8) is 0 Å². The summed E-state index contributed by atoms with van der Waals surface area (Å²) in [5.41, 5.74) is -0.428. The van der Waals surface area contributed by atoms with Crippen LogP contribution in [0.25, 0.3) is 0 Å². The summed E-state index contributed by atoms with van der Waals surface area (Å²) in [5.74, 6) is -1.35. The first-order chi connectivity index (χ1) is 12.9. The van der Waals surface area contributed by atoms with E-state index in [1.54, 1.807) is 0 Å². The number of halogens is 1. The Balaban J connectivity index is 2.51. The minimum absolute atomic E-state index is 0.0382. The van der Waals surface area contributed by atoms with Gasteiger partial charge < -0.3 is 9.84 Å². The number of sulfonamides is 2. The van der Waals surface area contributed by atoms with Crippen LogP contribution in [0.4, 0.5) is 5.69 Å². The van der Waals surface area contributed by atoms with Gasteiger partial charge in [-0.25, -0.2) is 25.9 Å². The van der Waals surface area contributed by atoms with Crippen molar-refractivity contribution >= 4 is 43.3 Å². The molecule has 0 heterocycles. The minimum Gasteiger partial charge on any atom is -0.495 e. The summed E-state index contributed by atoms with van der Waals surface area (Å²) in [6, 6.07) is 6.93. The fourth-order valence-corrected chi connectivity index (χ4v) is 4.54. The number of methoxy groups -OCH3 is 1. The van der Waals surface area contributed by atoms with Crippen LogP contribution in [-0.2, 0) is 20.0 Å². The second-order valence-electron chi connectivity index (χ2n) is 5.71. The van der Waals surface area contributed by atoms with E-state index in [1.807, 2.05) is 0 Å². The zero-order valence-corrected chi connectivity index (χ0v) is 17.4. The Hall–Kier alpha value is -2.34. The third-order valence-electron chi connectivity index (χ3n) is 3.65. The quantitative estimate of drug-likeness (QED) is 0.663. The van der Waals surface area contributed by atoms with Gasteiger partial charge in [0.2, 0.25) is 10.0 Å². The number of carboxylic acids is 1. The van der Waals surface area contributed by atoms with Gasteiger partial charge in [0.15, 0.2) is 0 Å². The van der Waals surface area contributed by atoms with Crippen LogP contribution in [0.15, 0.2) is 46.2 Å². The van der Waals surface area contributed by atoms with E-state index in [-0.39, 0.29) is 31.8 Å². The Bertz CT molecular complexity index is 1130. The van der Waals surface area contributed by atoms with Crippen molar-refractivity contribution in [1.82, 2.24) is 4.31 Å². The molecule has 2 aromatic rings. The van der Waals surface area contributed by atoms with Gasteiger partial charge in [0.25, 0.3) is 10.0 Å². The first kappa shape index (κ1) is 22.0. The van der Waals surface area contributed by atoms with Crippen LogP contribution in [0.5, 0.6) is 5.75 Å². The van der Waals surface area contributed by atoms with E-state index in [1.165, 1.54) is 33.3 Å². The minimum atomic E-state index is -4.21. The van der Waals surface area contributed by atoms with Crippen LogP contribution in [0, 0.1) is 0 Å². The van der Waals surface area contributed by atoms with Crippen LogP contribution >= 0.6 is 11.6 Å². The van der Waals surface area contributed by atoms with E-state index in [0.29, 0.717) is 0 Å². The van der Waals surface area contributed by atoms with Crippen molar-refractivity contribution in [3.05, 3.63) is 47.0 Å². The average molecular weight is 449 g/mol. The zero-order valence-electron chi connectivity index (χ0n) is 15.0. The molecule has 0 fully saturated rings. The Morgan fingerprint density at radius 1 is 1.11 bits per heavy atom. The molecule has 0 unspecified atom stereocenters. The topological polar surface area (TPSA) is 130 Å². The molecule has 0 saturated carbocycles. The van der Waals surface area contributed by atoms with E-state index in [4.69, 9.17) is 21.4 Å². The molecule has 0 saturated heterocycles. The second kappa shape index (κ2) is 7.95. The average Bonchev–Trinajstić information content (AvgIpc) is 2.61. The maximum absolute atomic E-state index is 12.6. The Kier molecular flexibility index (Phi) is 6.24. The number of carbonyl (C=O) groups is 1. The second-order valence-corrected chi connectivity index (χ2v) is 9.92. The van der Waals surface area contributed by atoms with Crippen molar-refractivity contribution in [2.45, 2.75) is 9.79 Å². The number of benzene rings is 2. The Labute approximate surface area is 167 Å². The van der Waals surface area contributed by atoms with Gasteiger partial charge in [0.1, 0.15) is 10.6 Å². The first-order valence-electron chi connectivity index (χ1n) is 7.56. The van der Waals surface area contributed by atoms with Gasteiger partial charge in [-0.05, 0) is 36.4 Å². The number of nitrogens with one attached hydrogen (secondary N) is 1. The molecule has 0 spiro atoms. The summed E-state index contributed by atoms with van der Waals surface area (Å²) in [7, 11) is -4.18. The standard InChI is InChI=1S/C16H17ClN2O7S2/c1-19(2)28(24,25)15-8-10(4-7-14(15)26-3)18-27(22,23)11-5-6-13(17)12(9-11)16(20)21/h4-9,18H,1-3H3,(H,20,21). The fourth-order valence-electron chi connectivity index (χ4n) is 2.19. The highest BCUT2D eigenvalue weighted by molar-refractivity contribution is 7.92. The lowest BCUT2D eigenvalue weighted by Crippen LogP contribution is -2.23. The molecular formula is C16H17ClN2O7S2. The van der Waals surface area contributed by atoms with Gasteiger partial charge in [0.05, 0.1) is 28.3 Å². The Morgan fingerprint density at radius 3 is 2.29 bits per heavy atom. The van der Waals surface area contributed by atoms with Crippen molar-refractivity contribution in [2.75, 3.05) is 25.9 Å². The number of carboxylic acid groups (broad SMARTS) is 1. The molecular weight excluding hydrogens is 432 g/mol. The molecule has 28 heavy (non-hydrogen) atoms. The van der Waals surface area contributed by atoms with Crippen LogP contribution in [-0.4, -0.2) is 53.4 Å².